The van der Waals surface area contributed by atoms with Gasteiger partial charge in [0.05, 0.1) is 5.69 Å². The molecule has 26 heavy (non-hydrogen) atoms. The highest BCUT2D eigenvalue weighted by atomic mass is 15.2. The van der Waals surface area contributed by atoms with Crippen molar-refractivity contribution < 1.29 is 0 Å². The van der Waals surface area contributed by atoms with Crippen LogP contribution in [0.5, 0.6) is 0 Å². The molecule has 5 heteroatoms. The Hall–Kier alpha value is -2.95. The van der Waals surface area contributed by atoms with Crippen LogP contribution >= 0.6 is 0 Å². The molecule has 0 saturated heterocycles. The zero-order valence-corrected chi connectivity index (χ0v) is 15.2. The number of hydrogen-bond donors (Lipinski definition) is 1. The van der Waals surface area contributed by atoms with E-state index in [1.54, 1.807) is 6.33 Å². The van der Waals surface area contributed by atoms with Crippen LogP contribution in [0, 0.1) is 13.8 Å². The normalized spacial score (nSPS) is 13.4. The lowest BCUT2D eigenvalue weighted by Crippen LogP contribution is -2.32. The number of fused-ring (bicyclic) bond motifs is 1. The molecule has 0 radical (unpaired) electrons. The van der Waals surface area contributed by atoms with Crippen LogP contribution < -0.4 is 10.2 Å². The lowest BCUT2D eigenvalue weighted by molar-refractivity contribution is 0.697. The maximum absolute atomic E-state index is 4.57. The number of benzene rings is 1. The number of anilines is 2. The molecular weight excluding hydrogens is 322 g/mol. The minimum Gasteiger partial charge on any atom is -0.366 e. The van der Waals surface area contributed by atoms with Gasteiger partial charge in [0.1, 0.15) is 18.0 Å². The van der Waals surface area contributed by atoms with Crippen LogP contribution in [-0.4, -0.2) is 21.5 Å². The molecule has 2 aromatic heterocycles. The number of pyridine rings is 1. The van der Waals surface area contributed by atoms with Gasteiger partial charge in [-0.1, -0.05) is 30.3 Å². The minimum absolute atomic E-state index is 0.763. The van der Waals surface area contributed by atoms with Crippen molar-refractivity contribution in [1.29, 1.82) is 0 Å². The van der Waals surface area contributed by atoms with E-state index in [0.717, 1.165) is 43.4 Å². The number of nitrogens with one attached hydrogen (secondary N) is 1. The second-order valence-corrected chi connectivity index (χ2v) is 6.79. The van der Waals surface area contributed by atoms with E-state index in [1.165, 1.54) is 22.3 Å². The summed E-state index contributed by atoms with van der Waals surface area (Å²) in [5.41, 5.74) is 6.06. The highest BCUT2D eigenvalue weighted by Crippen LogP contribution is 2.26. The molecule has 0 amide bonds. The molecule has 0 aliphatic carbocycles. The number of nitrogens with zero attached hydrogens (tertiary/aromatic N) is 4. The molecule has 0 atom stereocenters. The fourth-order valence-electron chi connectivity index (χ4n) is 3.32. The van der Waals surface area contributed by atoms with Gasteiger partial charge in [0.15, 0.2) is 0 Å². The van der Waals surface area contributed by atoms with Crippen LogP contribution in [0.3, 0.4) is 0 Å². The molecule has 0 saturated carbocycles. The molecule has 1 aliphatic rings. The Bertz CT molecular complexity index is 905. The quantitative estimate of drug-likeness (QED) is 0.782. The first-order valence-corrected chi connectivity index (χ1v) is 8.99. The van der Waals surface area contributed by atoms with Crippen LogP contribution in [-0.2, 0) is 19.5 Å². The van der Waals surface area contributed by atoms with Gasteiger partial charge in [-0.3, -0.25) is 0 Å². The second-order valence-electron chi connectivity index (χ2n) is 6.79. The average molecular weight is 345 g/mol. The van der Waals surface area contributed by atoms with Gasteiger partial charge >= 0.3 is 0 Å². The van der Waals surface area contributed by atoms with Crippen LogP contribution in [0.1, 0.15) is 27.9 Å². The van der Waals surface area contributed by atoms with Crippen molar-refractivity contribution in [2.24, 2.45) is 0 Å². The predicted octanol–water partition coefficient (Wildman–Crippen LogP) is 3.66. The summed E-state index contributed by atoms with van der Waals surface area (Å²) in [4.78, 5) is 15.9. The number of aromatic nitrogens is 3. The Labute approximate surface area is 154 Å². The highest BCUT2D eigenvalue weighted by molar-refractivity contribution is 5.52. The van der Waals surface area contributed by atoms with Crippen LogP contribution in [0.15, 0.2) is 48.9 Å². The smallest absolute Gasteiger partial charge is 0.134 e. The molecule has 1 N–H and O–H groups in total. The van der Waals surface area contributed by atoms with Crippen molar-refractivity contribution in [3.63, 3.8) is 0 Å². The first kappa shape index (κ1) is 16.5. The van der Waals surface area contributed by atoms with Gasteiger partial charge in [-0.05, 0) is 36.6 Å². The summed E-state index contributed by atoms with van der Waals surface area (Å²) in [6, 6.07) is 12.6. The summed E-state index contributed by atoms with van der Waals surface area (Å²) in [5.74, 6) is 1.94. The number of hydrogen-bond acceptors (Lipinski definition) is 5. The third-order valence-corrected chi connectivity index (χ3v) is 4.93. The van der Waals surface area contributed by atoms with Gasteiger partial charge in [-0.2, -0.15) is 0 Å². The van der Waals surface area contributed by atoms with Gasteiger partial charge in [-0.15, -0.1) is 0 Å². The topological polar surface area (TPSA) is 53.9 Å². The fourth-order valence-corrected chi connectivity index (χ4v) is 3.32. The first-order valence-electron chi connectivity index (χ1n) is 8.99. The number of rotatable bonds is 4. The van der Waals surface area contributed by atoms with Crippen molar-refractivity contribution in [3.8, 4) is 0 Å². The third-order valence-electron chi connectivity index (χ3n) is 4.93. The molecule has 4 rings (SSSR count). The van der Waals surface area contributed by atoms with E-state index in [0.29, 0.717) is 0 Å². The maximum atomic E-state index is 4.57. The van der Waals surface area contributed by atoms with E-state index in [-0.39, 0.29) is 0 Å². The van der Waals surface area contributed by atoms with E-state index >= 15 is 0 Å². The summed E-state index contributed by atoms with van der Waals surface area (Å²) in [6.45, 7) is 6.67. The molecular formula is C21H23N5. The molecule has 5 nitrogen and oxygen atoms in total. The van der Waals surface area contributed by atoms with E-state index in [4.69, 9.17) is 0 Å². The zero-order valence-electron chi connectivity index (χ0n) is 15.2. The van der Waals surface area contributed by atoms with Crippen molar-refractivity contribution in [1.82, 2.24) is 15.0 Å². The summed E-state index contributed by atoms with van der Waals surface area (Å²) in [6.07, 6.45) is 4.49. The summed E-state index contributed by atoms with van der Waals surface area (Å²) in [5, 5.41) is 3.51. The largest absolute Gasteiger partial charge is 0.366 e. The average Bonchev–Trinajstić information content (AvgIpc) is 2.67. The molecule has 0 spiro atoms. The Morgan fingerprint density at radius 1 is 1.04 bits per heavy atom. The monoisotopic (exact) mass is 345 g/mol. The molecule has 3 aromatic rings. The lowest BCUT2D eigenvalue weighted by atomic mass is 10.1. The highest BCUT2D eigenvalue weighted by Gasteiger charge is 2.22. The Balaban J connectivity index is 1.55. The molecule has 1 aromatic carbocycles. The van der Waals surface area contributed by atoms with Crippen LogP contribution in [0.2, 0.25) is 0 Å². The summed E-state index contributed by atoms with van der Waals surface area (Å²) in [7, 11) is 0. The van der Waals surface area contributed by atoms with Crippen LogP contribution in [0.4, 0.5) is 11.6 Å². The Morgan fingerprint density at radius 2 is 1.92 bits per heavy atom. The fraction of sp³-hybridized carbons (Fsp3) is 0.286. The van der Waals surface area contributed by atoms with Crippen molar-refractivity contribution in [2.75, 3.05) is 16.8 Å². The van der Waals surface area contributed by atoms with E-state index < -0.39 is 0 Å². The molecule has 132 valence electrons. The number of aryl methyl sites for hydroxylation is 2. The van der Waals surface area contributed by atoms with Gasteiger partial charge in [-0.25, -0.2) is 15.0 Å². The summed E-state index contributed by atoms with van der Waals surface area (Å²) < 4.78 is 0. The van der Waals surface area contributed by atoms with Crippen molar-refractivity contribution >= 4 is 11.6 Å². The lowest BCUT2D eigenvalue weighted by Gasteiger charge is -2.30. The minimum atomic E-state index is 0.763. The van der Waals surface area contributed by atoms with E-state index in [2.05, 4.69) is 75.4 Å². The summed E-state index contributed by atoms with van der Waals surface area (Å²) >= 11 is 0. The zero-order chi connectivity index (χ0) is 17.9. The second kappa shape index (κ2) is 7.12. The standard InChI is InChI=1S/C21H23N5/c1-15-7-8-20(22-11-15)26-10-9-19-18(13-26)21(25-14-24-19)23-12-17-6-4-3-5-16(17)2/h3-8,11,14H,9-10,12-13H2,1-2H3,(H,23,24,25). The van der Waals surface area contributed by atoms with Crippen molar-refractivity contribution in [3.05, 3.63) is 76.9 Å². The molecule has 0 unspecified atom stereocenters. The van der Waals surface area contributed by atoms with Gasteiger partial charge in [0, 0.05) is 37.8 Å². The maximum Gasteiger partial charge on any atom is 0.134 e. The third kappa shape index (κ3) is 3.38. The Morgan fingerprint density at radius 3 is 2.73 bits per heavy atom. The molecule has 1 aliphatic heterocycles. The molecule has 3 heterocycles. The van der Waals surface area contributed by atoms with Gasteiger partial charge in [0.2, 0.25) is 0 Å². The van der Waals surface area contributed by atoms with Gasteiger partial charge in [0.25, 0.3) is 0 Å². The predicted molar refractivity (Wildman–Crippen MR) is 104 cm³/mol. The van der Waals surface area contributed by atoms with Crippen LogP contribution in [0.25, 0.3) is 0 Å². The van der Waals surface area contributed by atoms with E-state index in [9.17, 15) is 0 Å². The first-order chi connectivity index (χ1) is 12.7. The Kier molecular flexibility index (Phi) is 4.52. The molecule has 0 fully saturated rings. The SMILES string of the molecule is Cc1ccc(N2CCc3ncnc(NCc4ccccc4C)c3C2)nc1. The van der Waals surface area contributed by atoms with Crippen molar-refractivity contribution in [2.45, 2.75) is 33.4 Å². The van der Waals surface area contributed by atoms with E-state index in [1.807, 2.05) is 6.20 Å². The molecule has 0 bridgehead atoms. The van der Waals surface area contributed by atoms with Gasteiger partial charge < -0.3 is 10.2 Å².